The van der Waals surface area contributed by atoms with Crippen molar-refractivity contribution in [3.05, 3.63) is 176 Å². The summed E-state index contributed by atoms with van der Waals surface area (Å²) < 4.78 is 2.33. The van der Waals surface area contributed by atoms with Gasteiger partial charge in [0.2, 0.25) is 5.95 Å². The molecule has 0 saturated heterocycles. The van der Waals surface area contributed by atoms with Crippen molar-refractivity contribution in [2.45, 2.75) is 0 Å². The third-order valence-electron chi connectivity index (χ3n) is 11.3. The highest BCUT2D eigenvalue weighted by atomic mass is 15.2. The summed E-state index contributed by atoms with van der Waals surface area (Å²) in [6, 6.07) is 63.7. The third-order valence-corrected chi connectivity index (χ3v) is 11.3. The molecular formula is C50H29N3. The predicted octanol–water partition coefficient (Wildman–Crippen LogP) is 13.3. The van der Waals surface area contributed by atoms with E-state index in [1.54, 1.807) is 0 Å². The zero-order chi connectivity index (χ0) is 34.6. The monoisotopic (exact) mass is 671 g/mol. The van der Waals surface area contributed by atoms with Crippen LogP contribution in [0.3, 0.4) is 0 Å². The molecule has 0 aliphatic carbocycles. The Morgan fingerprint density at radius 3 is 1.66 bits per heavy atom. The summed E-state index contributed by atoms with van der Waals surface area (Å²) in [6.45, 7) is 0. The highest BCUT2D eigenvalue weighted by Gasteiger charge is 2.23. The van der Waals surface area contributed by atoms with Crippen LogP contribution in [0.5, 0.6) is 0 Å². The van der Waals surface area contributed by atoms with Gasteiger partial charge in [0, 0.05) is 32.5 Å². The van der Waals surface area contributed by atoms with Gasteiger partial charge in [-0.25, -0.2) is 9.97 Å². The molecule has 0 unspecified atom stereocenters. The molecule has 10 aromatic carbocycles. The van der Waals surface area contributed by atoms with Crippen LogP contribution >= 0.6 is 0 Å². The van der Waals surface area contributed by atoms with Gasteiger partial charge >= 0.3 is 0 Å². The maximum Gasteiger partial charge on any atom is 0.235 e. The molecule has 0 aliphatic heterocycles. The maximum absolute atomic E-state index is 5.62. The largest absolute Gasteiger partial charge is 0.277 e. The van der Waals surface area contributed by atoms with Gasteiger partial charge in [0.05, 0.1) is 22.2 Å². The van der Waals surface area contributed by atoms with Crippen molar-refractivity contribution in [1.29, 1.82) is 0 Å². The standard InChI is InChI=1S/C50H29N3/c1-2-14-33-29-34(22-21-30(33)11-1)48-46-35-15-5-3-12-31(35)24-27-43(46)51-50(52-48)53-44-28-26-41-39-19-8-7-17-37(39)38-18-9-10-20-40(38)45(41)47(44)42-25-23-32-13-4-6-16-36(32)49(42)53/h1-29H. The van der Waals surface area contributed by atoms with Gasteiger partial charge in [0.1, 0.15) is 0 Å². The van der Waals surface area contributed by atoms with Gasteiger partial charge in [-0.3, -0.25) is 4.57 Å². The summed E-state index contributed by atoms with van der Waals surface area (Å²) in [6.07, 6.45) is 0. The molecule has 2 aromatic heterocycles. The van der Waals surface area contributed by atoms with Crippen molar-refractivity contribution in [3.63, 3.8) is 0 Å². The van der Waals surface area contributed by atoms with E-state index in [4.69, 9.17) is 9.97 Å². The Bertz CT molecular complexity index is 3480. The Balaban J connectivity index is 1.29. The molecule has 0 atom stereocenters. The zero-order valence-corrected chi connectivity index (χ0v) is 28.6. The summed E-state index contributed by atoms with van der Waals surface area (Å²) in [5, 5.41) is 18.1. The van der Waals surface area contributed by atoms with Crippen LogP contribution in [0.1, 0.15) is 0 Å². The Hall–Kier alpha value is -7.10. The van der Waals surface area contributed by atoms with Crippen molar-refractivity contribution < 1.29 is 0 Å². The first-order valence-electron chi connectivity index (χ1n) is 18.2. The van der Waals surface area contributed by atoms with Crippen molar-refractivity contribution in [2.75, 3.05) is 0 Å². The van der Waals surface area contributed by atoms with Gasteiger partial charge in [0.15, 0.2) is 0 Å². The number of hydrogen-bond acceptors (Lipinski definition) is 2. The van der Waals surface area contributed by atoms with E-state index in [0.29, 0.717) is 5.95 Å². The summed E-state index contributed by atoms with van der Waals surface area (Å²) >= 11 is 0. The maximum atomic E-state index is 5.62. The molecule has 0 saturated carbocycles. The minimum Gasteiger partial charge on any atom is -0.277 e. The van der Waals surface area contributed by atoms with Gasteiger partial charge < -0.3 is 0 Å². The Morgan fingerprint density at radius 2 is 0.887 bits per heavy atom. The summed E-state index contributed by atoms with van der Waals surface area (Å²) in [5.41, 5.74) is 5.13. The van der Waals surface area contributed by atoms with E-state index in [-0.39, 0.29) is 0 Å². The van der Waals surface area contributed by atoms with Crippen LogP contribution in [0, 0.1) is 0 Å². The second-order valence-corrected chi connectivity index (χ2v) is 14.1. The van der Waals surface area contributed by atoms with Gasteiger partial charge in [-0.2, -0.15) is 0 Å². The lowest BCUT2D eigenvalue weighted by molar-refractivity contribution is 1.02. The van der Waals surface area contributed by atoms with Crippen LogP contribution in [0.15, 0.2) is 176 Å². The van der Waals surface area contributed by atoms with Gasteiger partial charge in [-0.05, 0) is 72.1 Å². The molecule has 12 aromatic rings. The molecule has 0 amide bonds. The molecule has 2 heterocycles. The van der Waals surface area contributed by atoms with E-state index < -0.39 is 0 Å². The van der Waals surface area contributed by atoms with E-state index in [1.165, 1.54) is 70.0 Å². The number of aromatic nitrogens is 3. The number of benzene rings is 10. The number of rotatable bonds is 2. The topological polar surface area (TPSA) is 30.7 Å². The first kappa shape index (κ1) is 28.6. The fraction of sp³-hybridized carbons (Fsp3) is 0. The Labute approximate surface area is 304 Å². The van der Waals surface area contributed by atoms with Crippen molar-refractivity contribution in [2.24, 2.45) is 0 Å². The summed E-state index contributed by atoms with van der Waals surface area (Å²) in [4.78, 5) is 11.1. The first-order valence-corrected chi connectivity index (χ1v) is 18.2. The average Bonchev–Trinajstić information content (AvgIpc) is 3.58. The highest BCUT2D eigenvalue weighted by molar-refractivity contribution is 6.36. The number of fused-ring (bicyclic) bond motifs is 16. The lowest BCUT2D eigenvalue weighted by Crippen LogP contribution is -2.04. The summed E-state index contributed by atoms with van der Waals surface area (Å²) in [7, 11) is 0. The van der Waals surface area contributed by atoms with Gasteiger partial charge in [-0.1, -0.05) is 158 Å². The lowest BCUT2D eigenvalue weighted by atomic mass is 9.91. The Kier molecular flexibility index (Phi) is 5.77. The second-order valence-electron chi connectivity index (χ2n) is 14.1. The van der Waals surface area contributed by atoms with Crippen LogP contribution in [0.25, 0.3) is 115 Å². The summed E-state index contributed by atoms with van der Waals surface area (Å²) in [5.74, 6) is 0.664. The molecule has 53 heavy (non-hydrogen) atoms. The van der Waals surface area contributed by atoms with Crippen molar-refractivity contribution >= 4 is 97.3 Å². The van der Waals surface area contributed by atoms with Gasteiger partial charge in [-0.15, -0.1) is 0 Å². The molecular weight excluding hydrogens is 643 g/mol. The second kappa shape index (κ2) is 10.7. The van der Waals surface area contributed by atoms with Crippen LogP contribution in [0.2, 0.25) is 0 Å². The van der Waals surface area contributed by atoms with Crippen LogP contribution in [-0.2, 0) is 0 Å². The average molecular weight is 672 g/mol. The molecule has 0 aliphatic rings. The number of nitrogens with zero attached hydrogens (tertiary/aromatic N) is 3. The van der Waals surface area contributed by atoms with E-state index >= 15 is 0 Å². The minimum atomic E-state index is 0.664. The lowest BCUT2D eigenvalue weighted by Gasteiger charge is -2.15. The molecule has 0 spiro atoms. The van der Waals surface area contributed by atoms with E-state index in [9.17, 15) is 0 Å². The quantitative estimate of drug-likeness (QED) is 0.171. The van der Waals surface area contributed by atoms with Crippen molar-refractivity contribution in [1.82, 2.24) is 14.5 Å². The Morgan fingerprint density at radius 1 is 0.340 bits per heavy atom. The van der Waals surface area contributed by atoms with Crippen molar-refractivity contribution in [3.8, 4) is 17.2 Å². The van der Waals surface area contributed by atoms with E-state index in [0.717, 1.165) is 38.6 Å². The fourth-order valence-corrected chi connectivity index (χ4v) is 9.01. The van der Waals surface area contributed by atoms with Crippen LogP contribution in [0.4, 0.5) is 0 Å². The molecule has 0 fully saturated rings. The smallest absolute Gasteiger partial charge is 0.235 e. The molecule has 12 rings (SSSR count). The first-order chi connectivity index (χ1) is 26.3. The highest BCUT2D eigenvalue weighted by Crippen LogP contribution is 2.45. The molecule has 0 radical (unpaired) electrons. The zero-order valence-electron chi connectivity index (χ0n) is 28.6. The number of hydrogen-bond donors (Lipinski definition) is 0. The predicted molar refractivity (Wildman–Crippen MR) is 224 cm³/mol. The van der Waals surface area contributed by atoms with Crippen LogP contribution in [-0.4, -0.2) is 14.5 Å². The molecule has 0 N–H and O–H groups in total. The minimum absolute atomic E-state index is 0.664. The third kappa shape index (κ3) is 3.99. The fourth-order valence-electron chi connectivity index (χ4n) is 9.01. The van der Waals surface area contributed by atoms with Crippen LogP contribution < -0.4 is 0 Å². The SMILES string of the molecule is c1ccc2cc(-c3nc(-n4c5ccc6c7ccccc7c7ccccc7c6c5c5ccc6ccccc6c54)nc4ccc5ccccc5c34)ccc2c1. The molecule has 3 heteroatoms. The molecule has 244 valence electrons. The molecule has 0 bridgehead atoms. The van der Waals surface area contributed by atoms with E-state index in [1.807, 2.05) is 0 Å². The molecule has 3 nitrogen and oxygen atoms in total. The van der Waals surface area contributed by atoms with E-state index in [2.05, 4.69) is 180 Å². The van der Waals surface area contributed by atoms with Gasteiger partial charge in [0.25, 0.3) is 0 Å². The normalized spacial score (nSPS) is 12.2.